The lowest BCUT2D eigenvalue weighted by atomic mass is 9.82. The van der Waals surface area contributed by atoms with Crippen LogP contribution in [0.15, 0.2) is 78.9 Å². The van der Waals surface area contributed by atoms with Gasteiger partial charge in [-0.15, -0.1) is 0 Å². The first-order valence-corrected chi connectivity index (χ1v) is 19.1. The van der Waals surface area contributed by atoms with Gasteiger partial charge in [0.25, 0.3) is 11.8 Å². The van der Waals surface area contributed by atoms with E-state index in [1.165, 1.54) is 0 Å². The van der Waals surface area contributed by atoms with E-state index in [9.17, 15) is 19.5 Å². The Morgan fingerprint density at radius 3 is 2.53 bits per heavy atom. The van der Waals surface area contributed by atoms with Gasteiger partial charge in [0, 0.05) is 40.3 Å². The molecule has 4 aliphatic heterocycles. The van der Waals surface area contributed by atoms with Crippen LogP contribution in [0.1, 0.15) is 40.4 Å². The zero-order valence-electron chi connectivity index (χ0n) is 26.5. The van der Waals surface area contributed by atoms with E-state index in [4.69, 9.17) is 4.74 Å². The Morgan fingerprint density at radius 2 is 1.79 bits per heavy atom. The number of fused-ring (bicyclic) bond motifs is 3. The molecular formula is C37H36FN3O5Si. The van der Waals surface area contributed by atoms with Gasteiger partial charge < -0.3 is 24.2 Å². The molecule has 1 fully saturated rings. The molecule has 4 heterocycles. The van der Waals surface area contributed by atoms with E-state index in [0.717, 1.165) is 27.6 Å². The minimum atomic E-state index is -3.51. The van der Waals surface area contributed by atoms with Crippen LogP contribution in [0.4, 0.5) is 21.2 Å². The predicted octanol–water partition coefficient (Wildman–Crippen LogP) is 6.19. The number of rotatable bonds is 5. The molecule has 8 rings (SSSR count). The van der Waals surface area contributed by atoms with Crippen molar-refractivity contribution >= 4 is 54.0 Å². The van der Waals surface area contributed by atoms with Crippen molar-refractivity contribution in [2.24, 2.45) is 5.92 Å². The lowest BCUT2D eigenvalue weighted by molar-refractivity contribution is -0.149. The van der Waals surface area contributed by atoms with Gasteiger partial charge in [0.05, 0.1) is 36.4 Å². The molecule has 0 bridgehead atoms. The van der Waals surface area contributed by atoms with E-state index < -0.39 is 43.5 Å². The first-order chi connectivity index (χ1) is 22.5. The SMILES string of the molecule is C[C@H]1[C@H]([Si](C)(C)F)[C@@H](CC(=O)N2Cc3ccccc3C[C@H]2CO)O[C@]12C(=O)Nc1ccc(N3C(=O)c4cccc5cccc3c45)cc12. The average molecular weight is 650 g/mol. The van der Waals surface area contributed by atoms with Gasteiger partial charge in [0.15, 0.2) is 5.60 Å². The van der Waals surface area contributed by atoms with Crippen LogP contribution in [0, 0.1) is 5.92 Å². The van der Waals surface area contributed by atoms with Gasteiger partial charge in [-0.3, -0.25) is 19.3 Å². The fourth-order valence-electron chi connectivity index (χ4n) is 8.70. The number of nitrogens with zero attached hydrogens (tertiary/aromatic N) is 2. The van der Waals surface area contributed by atoms with Crippen molar-refractivity contribution in [1.82, 2.24) is 4.90 Å². The second-order valence-electron chi connectivity index (χ2n) is 13.8. The normalized spacial score (nSPS) is 26.2. The van der Waals surface area contributed by atoms with Crippen LogP contribution < -0.4 is 10.2 Å². The maximum Gasteiger partial charge on any atom is 0.263 e. The van der Waals surface area contributed by atoms with Gasteiger partial charge in [-0.25, -0.2) is 0 Å². The standard InChI is InChI=1S/C37H36FN3O5Si/c1-21-34(47(2,3)38)31(18-32(43)40-19-24-9-5-4-8-23(24)16-26(40)20-42)46-37(21)28-17-25(14-15-29(28)39-36(37)45)41-30-13-7-11-22-10-6-12-27(33(22)30)35(41)44/h4-15,17,21,26,31,34,42H,16,18-20H2,1-3H3,(H,39,45)/t21-,26-,31+,34-,37+/m0/s1. The molecule has 3 amide bonds. The fraction of sp³-hybridized carbons (Fsp3) is 0.324. The van der Waals surface area contributed by atoms with E-state index in [1.807, 2.05) is 73.7 Å². The number of hydrogen-bond acceptors (Lipinski definition) is 5. The third kappa shape index (κ3) is 4.34. The Morgan fingerprint density at radius 1 is 1.04 bits per heavy atom. The summed E-state index contributed by atoms with van der Waals surface area (Å²) >= 11 is 0. The van der Waals surface area contributed by atoms with Crippen molar-refractivity contribution in [2.75, 3.05) is 16.8 Å². The minimum absolute atomic E-state index is 0.111. The van der Waals surface area contributed by atoms with Gasteiger partial charge in [-0.2, -0.15) is 0 Å². The molecule has 0 saturated carbocycles. The molecule has 4 aromatic carbocycles. The van der Waals surface area contributed by atoms with Crippen LogP contribution in [0.3, 0.4) is 0 Å². The second kappa shape index (κ2) is 10.6. The molecule has 1 spiro atoms. The van der Waals surface area contributed by atoms with Crippen molar-refractivity contribution in [3.05, 3.63) is 101 Å². The second-order valence-corrected chi connectivity index (χ2v) is 17.6. The number of aliphatic hydroxyl groups excluding tert-OH is 1. The molecule has 10 heteroatoms. The lowest BCUT2D eigenvalue weighted by Crippen LogP contribution is -2.48. The molecule has 1 saturated heterocycles. The number of amides is 3. The van der Waals surface area contributed by atoms with Crippen molar-refractivity contribution in [2.45, 2.75) is 62.7 Å². The highest BCUT2D eigenvalue weighted by molar-refractivity contribution is 6.72. The number of hydrogen-bond donors (Lipinski definition) is 2. The third-order valence-corrected chi connectivity index (χ3v) is 13.2. The highest BCUT2D eigenvalue weighted by Gasteiger charge is 2.65. The summed E-state index contributed by atoms with van der Waals surface area (Å²) in [7, 11) is -3.51. The third-order valence-electron chi connectivity index (χ3n) is 10.8. The van der Waals surface area contributed by atoms with Crippen LogP contribution in [0.5, 0.6) is 0 Å². The van der Waals surface area contributed by atoms with Gasteiger partial charge in [0.2, 0.25) is 14.3 Å². The number of carbonyl (C=O) groups is 3. The van der Waals surface area contributed by atoms with Crippen LogP contribution >= 0.6 is 0 Å². The monoisotopic (exact) mass is 649 g/mol. The maximum absolute atomic E-state index is 16.3. The molecule has 0 aliphatic carbocycles. The average Bonchev–Trinajstić information content (AvgIpc) is 3.63. The summed E-state index contributed by atoms with van der Waals surface area (Å²) in [4.78, 5) is 45.1. The first kappa shape index (κ1) is 30.0. The smallest absolute Gasteiger partial charge is 0.263 e. The van der Waals surface area contributed by atoms with Crippen LogP contribution in [0.2, 0.25) is 18.6 Å². The van der Waals surface area contributed by atoms with Crippen molar-refractivity contribution < 1.29 is 28.3 Å². The molecule has 5 atom stereocenters. The van der Waals surface area contributed by atoms with E-state index in [0.29, 0.717) is 35.5 Å². The summed E-state index contributed by atoms with van der Waals surface area (Å²) in [6, 6.07) is 24.3. The van der Waals surface area contributed by atoms with E-state index >= 15 is 4.11 Å². The summed E-state index contributed by atoms with van der Waals surface area (Å²) < 4.78 is 23.1. The molecule has 2 N–H and O–H groups in total. The molecule has 47 heavy (non-hydrogen) atoms. The number of ether oxygens (including phenoxy) is 1. The van der Waals surface area contributed by atoms with Crippen LogP contribution in [-0.4, -0.2) is 54.9 Å². The number of carbonyl (C=O) groups excluding carboxylic acids is 3. The first-order valence-electron chi connectivity index (χ1n) is 16.2. The number of nitrogens with one attached hydrogen (secondary N) is 1. The number of benzene rings is 4. The Kier molecular flexibility index (Phi) is 6.74. The zero-order valence-corrected chi connectivity index (χ0v) is 27.5. The molecular weight excluding hydrogens is 614 g/mol. The molecule has 8 nitrogen and oxygen atoms in total. The Balaban J connectivity index is 1.16. The highest BCUT2D eigenvalue weighted by Crippen LogP contribution is 2.59. The molecule has 4 aromatic rings. The van der Waals surface area contributed by atoms with Gasteiger partial charge in [0.1, 0.15) is 0 Å². The largest absolute Gasteiger partial charge is 0.394 e. The number of halogens is 1. The number of aliphatic hydroxyl groups is 1. The van der Waals surface area contributed by atoms with E-state index in [2.05, 4.69) is 5.32 Å². The molecule has 240 valence electrons. The quantitative estimate of drug-likeness (QED) is 0.198. The Hall–Kier alpha value is -4.38. The predicted molar refractivity (Wildman–Crippen MR) is 180 cm³/mol. The van der Waals surface area contributed by atoms with E-state index in [1.54, 1.807) is 35.0 Å². The summed E-state index contributed by atoms with van der Waals surface area (Å²) in [5, 5.41) is 15.0. The summed E-state index contributed by atoms with van der Waals surface area (Å²) in [6.07, 6.45) is -0.435. The van der Waals surface area contributed by atoms with Crippen molar-refractivity contribution in [3.63, 3.8) is 0 Å². The maximum atomic E-state index is 16.3. The molecule has 0 aromatic heterocycles. The molecule has 0 radical (unpaired) electrons. The molecule has 4 aliphatic rings. The zero-order chi connectivity index (χ0) is 32.8. The Labute approximate surface area is 273 Å². The molecule has 0 unspecified atom stereocenters. The van der Waals surface area contributed by atoms with Crippen molar-refractivity contribution in [3.8, 4) is 0 Å². The van der Waals surface area contributed by atoms with Crippen molar-refractivity contribution in [1.29, 1.82) is 0 Å². The summed E-state index contributed by atoms with van der Waals surface area (Å²) in [5.41, 5.74) is 2.95. The van der Waals surface area contributed by atoms with Gasteiger partial charge >= 0.3 is 0 Å². The van der Waals surface area contributed by atoms with Gasteiger partial charge in [-0.05, 0) is 66.4 Å². The van der Waals surface area contributed by atoms with Crippen LogP contribution in [-0.2, 0) is 32.9 Å². The summed E-state index contributed by atoms with van der Waals surface area (Å²) in [5.74, 6) is -1.39. The van der Waals surface area contributed by atoms with Crippen LogP contribution in [0.25, 0.3) is 10.8 Å². The summed E-state index contributed by atoms with van der Waals surface area (Å²) in [6.45, 7) is 5.21. The number of anilines is 3. The highest BCUT2D eigenvalue weighted by atomic mass is 28.4. The van der Waals surface area contributed by atoms with E-state index in [-0.39, 0.29) is 24.8 Å². The minimum Gasteiger partial charge on any atom is -0.394 e. The fourth-order valence-corrected chi connectivity index (χ4v) is 11.2. The topological polar surface area (TPSA) is 99.2 Å². The Bertz CT molecular complexity index is 1990. The van der Waals surface area contributed by atoms with Gasteiger partial charge in [-0.1, -0.05) is 55.5 Å². The lowest BCUT2D eigenvalue weighted by Gasteiger charge is -2.37.